The zero-order chi connectivity index (χ0) is 26.9. The van der Waals surface area contributed by atoms with Crippen LogP contribution < -0.4 is 0 Å². The fourth-order valence-electron chi connectivity index (χ4n) is 4.04. The number of benzene rings is 3. The molecule has 38 heavy (non-hydrogen) atoms. The second-order valence-corrected chi connectivity index (χ2v) is 11.4. The smallest absolute Gasteiger partial charge is 0.319 e. The van der Waals surface area contributed by atoms with E-state index in [-0.39, 0.29) is 11.5 Å². The minimum absolute atomic E-state index is 0.145. The summed E-state index contributed by atoms with van der Waals surface area (Å²) < 4.78 is 49.0. The van der Waals surface area contributed by atoms with Gasteiger partial charge in [-0.05, 0) is 56.3 Å². The van der Waals surface area contributed by atoms with Crippen LogP contribution in [0.1, 0.15) is 13.8 Å². The number of aromatic nitrogens is 4. The fraction of sp³-hybridized carbons (Fsp3) is 0.148. The van der Waals surface area contributed by atoms with E-state index in [1.165, 1.54) is 34.4 Å². The van der Waals surface area contributed by atoms with Crippen molar-refractivity contribution in [1.82, 2.24) is 18.7 Å². The summed E-state index contributed by atoms with van der Waals surface area (Å²) >= 11 is 1.14. The molecule has 8 nitrogen and oxygen atoms in total. The van der Waals surface area contributed by atoms with Crippen LogP contribution in [-0.4, -0.2) is 45.0 Å². The predicted molar refractivity (Wildman–Crippen MR) is 143 cm³/mol. The number of rotatable bonds is 8. The third-order valence-corrected chi connectivity index (χ3v) is 8.55. The lowest BCUT2D eigenvalue weighted by molar-refractivity contribution is -0.142. The maximum atomic E-state index is 13.8. The summed E-state index contributed by atoms with van der Waals surface area (Å²) in [5.74, 6) is -0.477. The second-order valence-electron chi connectivity index (χ2n) is 8.30. The number of carbonyl (C=O) groups is 1. The molecule has 0 amide bonds. The van der Waals surface area contributed by atoms with Crippen LogP contribution in [0.3, 0.4) is 0 Å². The molecule has 0 fully saturated rings. The van der Waals surface area contributed by atoms with Crippen molar-refractivity contribution in [3.05, 3.63) is 90.9 Å². The Kier molecular flexibility index (Phi) is 7.04. The summed E-state index contributed by atoms with van der Waals surface area (Å²) in [6.45, 7) is 3.67. The summed E-state index contributed by atoms with van der Waals surface area (Å²) in [5, 5.41) is 9.14. The van der Waals surface area contributed by atoms with Gasteiger partial charge in [0.1, 0.15) is 11.1 Å². The average Bonchev–Trinajstić information content (AvgIpc) is 3.51. The third kappa shape index (κ3) is 4.70. The SMILES string of the molecule is CCOC(=O)C(C)Sc1nnc(-c2cn(S(=O)(=O)c3ccccc3)c3ccccc23)n1-c1ccc(F)cc1. The first-order valence-corrected chi connectivity index (χ1v) is 14.1. The number of nitrogens with zero attached hydrogens (tertiary/aromatic N) is 4. The highest BCUT2D eigenvalue weighted by molar-refractivity contribution is 8.00. The molecule has 0 radical (unpaired) electrons. The number of carbonyl (C=O) groups excluding carboxylic acids is 1. The number of para-hydroxylation sites is 1. The zero-order valence-electron chi connectivity index (χ0n) is 20.5. The van der Waals surface area contributed by atoms with Gasteiger partial charge < -0.3 is 4.74 Å². The lowest BCUT2D eigenvalue weighted by atomic mass is 10.1. The van der Waals surface area contributed by atoms with Crippen LogP contribution in [-0.2, 0) is 19.6 Å². The van der Waals surface area contributed by atoms with E-state index in [0.717, 1.165) is 11.8 Å². The van der Waals surface area contributed by atoms with Gasteiger partial charge in [-0.2, -0.15) is 0 Å². The minimum Gasteiger partial charge on any atom is -0.465 e. The highest BCUT2D eigenvalue weighted by Gasteiger charge is 2.27. The molecular formula is C27H23FN4O4S2. The van der Waals surface area contributed by atoms with Crippen LogP contribution in [0.2, 0.25) is 0 Å². The molecule has 5 rings (SSSR count). The summed E-state index contributed by atoms with van der Waals surface area (Å²) in [6.07, 6.45) is 1.51. The molecule has 0 aliphatic heterocycles. The van der Waals surface area contributed by atoms with Crippen LogP contribution in [0, 0.1) is 5.82 Å². The van der Waals surface area contributed by atoms with E-state index in [4.69, 9.17) is 4.74 Å². The average molecular weight is 551 g/mol. The number of halogens is 1. The highest BCUT2D eigenvalue weighted by Crippen LogP contribution is 2.36. The van der Waals surface area contributed by atoms with E-state index in [1.807, 2.05) is 6.07 Å². The predicted octanol–water partition coefficient (Wildman–Crippen LogP) is 5.31. The van der Waals surface area contributed by atoms with Gasteiger partial charge in [0.15, 0.2) is 11.0 Å². The van der Waals surface area contributed by atoms with Crippen molar-refractivity contribution in [2.45, 2.75) is 29.1 Å². The molecule has 0 saturated carbocycles. The van der Waals surface area contributed by atoms with Crippen molar-refractivity contribution >= 4 is 38.7 Å². The van der Waals surface area contributed by atoms with Gasteiger partial charge in [0, 0.05) is 22.8 Å². The molecule has 5 aromatic rings. The van der Waals surface area contributed by atoms with Crippen LogP contribution in [0.5, 0.6) is 0 Å². The molecule has 1 atom stereocenters. The van der Waals surface area contributed by atoms with Crippen molar-refractivity contribution in [1.29, 1.82) is 0 Å². The quantitative estimate of drug-likeness (QED) is 0.191. The van der Waals surface area contributed by atoms with Gasteiger partial charge in [0.05, 0.1) is 17.0 Å². The largest absolute Gasteiger partial charge is 0.465 e. The maximum absolute atomic E-state index is 13.8. The van der Waals surface area contributed by atoms with E-state index in [0.29, 0.717) is 33.1 Å². The van der Waals surface area contributed by atoms with Crippen LogP contribution in [0.25, 0.3) is 28.0 Å². The lowest BCUT2D eigenvalue weighted by Gasteiger charge is -2.13. The summed E-state index contributed by atoms with van der Waals surface area (Å²) in [7, 11) is -3.92. The van der Waals surface area contributed by atoms with E-state index < -0.39 is 27.1 Å². The van der Waals surface area contributed by atoms with Crippen molar-refractivity contribution < 1.29 is 22.3 Å². The summed E-state index contributed by atoms with van der Waals surface area (Å²) in [6, 6.07) is 21.0. The number of fused-ring (bicyclic) bond motifs is 1. The number of thioether (sulfide) groups is 1. The second kappa shape index (κ2) is 10.4. The van der Waals surface area contributed by atoms with Crippen molar-refractivity contribution in [3.8, 4) is 17.1 Å². The minimum atomic E-state index is -3.92. The maximum Gasteiger partial charge on any atom is 0.319 e. The number of ether oxygens (including phenoxy) is 1. The molecule has 0 saturated heterocycles. The number of hydrogen-bond donors (Lipinski definition) is 0. The zero-order valence-corrected chi connectivity index (χ0v) is 22.1. The Morgan fingerprint density at radius 1 is 1.00 bits per heavy atom. The Hall–Kier alpha value is -3.96. The van der Waals surface area contributed by atoms with E-state index in [1.54, 1.807) is 66.9 Å². The molecule has 194 valence electrons. The Morgan fingerprint density at radius 3 is 2.39 bits per heavy atom. The standard InChI is InChI=1S/C27H23FN4O4S2/c1-3-36-26(33)18(2)37-27-30-29-25(32(27)20-15-13-19(28)14-16-20)23-17-31(24-12-8-7-11-22(23)24)38(34,35)21-9-5-4-6-10-21/h4-18H,3H2,1-2H3. The molecular weight excluding hydrogens is 527 g/mol. The van der Waals surface area contributed by atoms with Crippen LogP contribution in [0.15, 0.2) is 95.1 Å². The molecule has 0 N–H and O–H groups in total. The van der Waals surface area contributed by atoms with Crippen molar-refractivity contribution in [2.24, 2.45) is 0 Å². The first-order chi connectivity index (χ1) is 18.3. The van der Waals surface area contributed by atoms with Crippen molar-refractivity contribution in [2.75, 3.05) is 6.61 Å². The van der Waals surface area contributed by atoms with Gasteiger partial charge in [-0.1, -0.05) is 48.2 Å². The van der Waals surface area contributed by atoms with Gasteiger partial charge in [-0.3, -0.25) is 9.36 Å². The Bertz CT molecular complexity index is 1720. The molecule has 11 heteroatoms. The normalized spacial score (nSPS) is 12.5. The van der Waals surface area contributed by atoms with E-state index >= 15 is 0 Å². The molecule has 2 aromatic heterocycles. The highest BCUT2D eigenvalue weighted by atomic mass is 32.2. The first kappa shape index (κ1) is 25.7. The third-order valence-electron chi connectivity index (χ3n) is 5.84. The first-order valence-electron chi connectivity index (χ1n) is 11.8. The van der Waals surface area contributed by atoms with Crippen molar-refractivity contribution in [3.63, 3.8) is 0 Å². The molecule has 0 bridgehead atoms. The molecule has 0 spiro atoms. The summed E-state index contributed by atoms with van der Waals surface area (Å²) in [5.41, 5.74) is 1.52. The lowest BCUT2D eigenvalue weighted by Crippen LogP contribution is -2.17. The summed E-state index contributed by atoms with van der Waals surface area (Å²) in [4.78, 5) is 12.5. The Balaban J connectivity index is 1.71. The van der Waals surface area contributed by atoms with E-state index in [9.17, 15) is 17.6 Å². The molecule has 2 heterocycles. The molecule has 0 aliphatic carbocycles. The van der Waals surface area contributed by atoms with E-state index in [2.05, 4.69) is 10.2 Å². The topological polar surface area (TPSA) is 96.1 Å². The molecule has 1 unspecified atom stereocenters. The van der Waals surface area contributed by atoms with Gasteiger partial charge in [0.25, 0.3) is 10.0 Å². The van der Waals surface area contributed by atoms with Gasteiger partial charge in [-0.25, -0.2) is 16.8 Å². The molecule has 3 aromatic carbocycles. The van der Waals surface area contributed by atoms with Gasteiger partial charge in [0.2, 0.25) is 0 Å². The Morgan fingerprint density at radius 2 is 1.68 bits per heavy atom. The fourth-order valence-corrected chi connectivity index (χ4v) is 6.30. The molecule has 0 aliphatic rings. The van der Waals surface area contributed by atoms with Crippen LogP contribution >= 0.6 is 11.8 Å². The Labute approximate surface area is 223 Å². The van der Waals surface area contributed by atoms with Gasteiger partial charge >= 0.3 is 5.97 Å². The van der Waals surface area contributed by atoms with Gasteiger partial charge in [-0.15, -0.1) is 10.2 Å². The monoisotopic (exact) mass is 550 g/mol. The number of hydrogen-bond acceptors (Lipinski definition) is 7. The van der Waals surface area contributed by atoms with Crippen LogP contribution in [0.4, 0.5) is 4.39 Å². The number of esters is 1.